The van der Waals surface area contributed by atoms with Gasteiger partial charge in [-0.3, -0.25) is 0 Å². The summed E-state index contributed by atoms with van der Waals surface area (Å²) in [4.78, 5) is 15.3. The van der Waals surface area contributed by atoms with E-state index in [0.717, 1.165) is 19.5 Å². The Labute approximate surface area is 87.3 Å². The molecule has 14 heavy (non-hydrogen) atoms. The first kappa shape index (κ1) is 13.2. The molecule has 0 aromatic rings. The van der Waals surface area contributed by atoms with Crippen LogP contribution in [0.25, 0.3) is 0 Å². The van der Waals surface area contributed by atoms with E-state index < -0.39 is 0 Å². The summed E-state index contributed by atoms with van der Waals surface area (Å²) in [5.41, 5.74) is 0. The van der Waals surface area contributed by atoms with Gasteiger partial charge >= 0.3 is 6.03 Å². The highest BCUT2D eigenvalue weighted by molar-refractivity contribution is 5.74. The average molecular weight is 201 g/mol. The van der Waals surface area contributed by atoms with Crippen molar-refractivity contribution in [3.63, 3.8) is 0 Å². The number of nitrogens with one attached hydrogen (secondary N) is 1. The van der Waals surface area contributed by atoms with Crippen LogP contribution in [-0.2, 0) is 0 Å². The van der Waals surface area contributed by atoms with Crippen LogP contribution in [0.4, 0.5) is 4.79 Å². The van der Waals surface area contributed by atoms with Crippen molar-refractivity contribution < 1.29 is 4.79 Å². The van der Waals surface area contributed by atoms with E-state index in [2.05, 4.69) is 10.2 Å². The van der Waals surface area contributed by atoms with E-state index in [1.807, 2.05) is 35.0 Å². The smallest absolute Gasteiger partial charge is 0.317 e. The number of carbonyl (C=O) groups excluding carboxylic acids is 1. The molecule has 0 aromatic heterocycles. The lowest BCUT2D eigenvalue weighted by molar-refractivity contribution is 0.204. The highest BCUT2D eigenvalue weighted by atomic mass is 16.2. The van der Waals surface area contributed by atoms with Crippen LogP contribution in [0.1, 0.15) is 20.3 Å². The largest absolute Gasteiger partial charge is 0.336 e. The van der Waals surface area contributed by atoms with Gasteiger partial charge < -0.3 is 15.1 Å². The van der Waals surface area contributed by atoms with Gasteiger partial charge in [0.25, 0.3) is 0 Å². The molecule has 0 unspecified atom stereocenters. The molecule has 4 heteroatoms. The van der Waals surface area contributed by atoms with Crippen molar-refractivity contribution in [3.8, 4) is 0 Å². The summed E-state index contributed by atoms with van der Waals surface area (Å²) in [7, 11) is 5.90. The topological polar surface area (TPSA) is 35.6 Å². The van der Waals surface area contributed by atoms with Crippen LogP contribution in [-0.4, -0.2) is 56.1 Å². The second-order valence-electron chi connectivity index (χ2n) is 4.18. The third-order valence-electron chi connectivity index (χ3n) is 1.86. The molecule has 0 saturated carbocycles. The maximum atomic E-state index is 11.4. The lowest BCUT2D eigenvalue weighted by Crippen LogP contribution is -2.41. The quantitative estimate of drug-likeness (QED) is 0.720. The Hall–Kier alpha value is -0.770. The first-order chi connectivity index (χ1) is 6.43. The highest BCUT2D eigenvalue weighted by Gasteiger charge is 2.08. The Morgan fingerprint density at radius 2 is 1.79 bits per heavy atom. The predicted octanol–water partition coefficient (Wildman–Crippen LogP) is 0.988. The molecule has 0 heterocycles. The summed E-state index contributed by atoms with van der Waals surface area (Å²) in [5, 5.41) is 2.85. The number of amides is 2. The van der Waals surface area contributed by atoms with Gasteiger partial charge in [-0.15, -0.1) is 0 Å². The van der Waals surface area contributed by atoms with Crippen LogP contribution in [0.15, 0.2) is 0 Å². The number of urea groups is 1. The van der Waals surface area contributed by atoms with Gasteiger partial charge in [0.1, 0.15) is 0 Å². The standard InChI is InChI=1S/C10H23N3O/c1-9(2)11-10(14)13(5)8-6-7-12(3)4/h9H,6-8H2,1-5H3,(H,11,14). The first-order valence-corrected chi connectivity index (χ1v) is 5.10. The van der Waals surface area contributed by atoms with Crippen LogP contribution >= 0.6 is 0 Å². The molecular formula is C10H23N3O. The molecule has 0 aliphatic rings. The van der Waals surface area contributed by atoms with Gasteiger partial charge in [0.2, 0.25) is 0 Å². The van der Waals surface area contributed by atoms with Crippen LogP contribution in [0.5, 0.6) is 0 Å². The monoisotopic (exact) mass is 201 g/mol. The summed E-state index contributed by atoms with van der Waals surface area (Å²) in [6.45, 7) is 5.74. The van der Waals surface area contributed by atoms with Gasteiger partial charge in [0, 0.05) is 19.6 Å². The SMILES string of the molecule is CC(C)NC(=O)N(C)CCCN(C)C. The lowest BCUT2D eigenvalue weighted by atomic mass is 10.3. The zero-order valence-electron chi connectivity index (χ0n) is 10.0. The number of hydrogen-bond acceptors (Lipinski definition) is 2. The van der Waals surface area contributed by atoms with Crippen molar-refractivity contribution >= 4 is 6.03 Å². The van der Waals surface area contributed by atoms with E-state index in [0.29, 0.717) is 0 Å². The Kier molecular flexibility index (Phi) is 6.28. The summed E-state index contributed by atoms with van der Waals surface area (Å²) >= 11 is 0. The molecule has 0 atom stereocenters. The van der Waals surface area contributed by atoms with Crippen LogP contribution < -0.4 is 5.32 Å². The molecule has 0 spiro atoms. The average Bonchev–Trinajstić information content (AvgIpc) is 2.01. The van der Waals surface area contributed by atoms with E-state index in [4.69, 9.17) is 0 Å². The van der Waals surface area contributed by atoms with Crippen molar-refractivity contribution in [1.82, 2.24) is 15.1 Å². The fourth-order valence-corrected chi connectivity index (χ4v) is 1.08. The molecule has 0 radical (unpaired) electrons. The molecule has 0 fully saturated rings. The zero-order chi connectivity index (χ0) is 11.1. The molecule has 0 saturated heterocycles. The van der Waals surface area contributed by atoms with Crippen LogP contribution in [0.2, 0.25) is 0 Å². The molecule has 0 rings (SSSR count). The molecular weight excluding hydrogens is 178 g/mol. The van der Waals surface area contributed by atoms with Gasteiger partial charge in [0.05, 0.1) is 0 Å². The normalized spacial score (nSPS) is 10.8. The maximum Gasteiger partial charge on any atom is 0.317 e. The summed E-state index contributed by atoms with van der Waals surface area (Å²) in [6.07, 6.45) is 1.01. The molecule has 4 nitrogen and oxygen atoms in total. The van der Waals surface area contributed by atoms with E-state index >= 15 is 0 Å². The van der Waals surface area contributed by atoms with E-state index in [1.54, 1.807) is 4.90 Å². The molecule has 0 aliphatic heterocycles. The van der Waals surface area contributed by atoms with E-state index in [-0.39, 0.29) is 12.1 Å². The minimum absolute atomic E-state index is 0.0127. The second-order valence-corrected chi connectivity index (χ2v) is 4.18. The van der Waals surface area contributed by atoms with E-state index in [9.17, 15) is 4.79 Å². The van der Waals surface area contributed by atoms with Crippen molar-refractivity contribution in [1.29, 1.82) is 0 Å². The Balaban J connectivity index is 3.62. The highest BCUT2D eigenvalue weighted by Crippen LogP contribution is 1.91. The van der Waals surface area contributed by atoms with Gasteiger partial charge in [-0.05, 0) is 40.9 Å². The Bertz CT molecular complexity index is 169. The molecule has 0 aromatic carbocycles. The first-order valence-electron chi connectivity index (χ1n) is 5.10. The van der Waals surface area contributed by atoms with Crippen LogP contribution in [0.3, 0.4) is 0 Å². The van der Waals surface area contributed by atoms with Gasteiger partial charge in [0.15, 0.2) is 0 Å². The van der Waals surface area contributed by atoms with E-state index in [1.165, 1.54) is 0 Å². The fourth-order valence-electron chi connectivity index (χ4n) is 1.08. The van der Waals surface area contributed by atoms with Gasteiger partial charge in [-0.1, -0.05) is 0 Å². The summed E-state index contributed by atoms with van der Waals surface area (Å²) < 4.78 is 0. The maximum absolute atomic E-state index is 11.4. The molecule has 84 valence electrons. The van der Waals surface area contributed by atoms with Crippen LogP contribution in [0, 0.1) is 0 Å². The predicted molar refractivity (Wildman–Crippen MR) is 59.5 cm³/mol. The summed E-state index contributed by atoms with van der Waals surface area (Å²) in [6, 6.07) is 0.220. The van der Waals surface area contributed by atoms with Crippen molar-refractivity contribution in [2.24, 2.45) is 0 Å². The second kappa shape index (κ2) is 6.65. The third-order valence-corrected chi connectivity index (χ3v) is 1.86. The van der Waals surface area contributed by atoms with Crippen molar-refractivity contribution in [2.75, 3.05) is 34.2 Å². The zero-order valence-corrected chi connectivity index (χ0v) is 10.0. The van der Waals surface area contributed by atoms with Crippen molar-refractivity contribution in [3.05, 3.63) is 0 Å². The minimum Gasteiger partial charge on any atom is -0.336 e. The van der Waals surface area contributed by atoms with Gasteiger partial charge in [-0.25, -0.2) is 4.79 Å². The molecule has 0 aliphatic carbocycles. The minimum atomic E-state index is 0.0127. The number of hydrogen-bond donors (Lipinski definition) is 1. The van der Waals surface area contributed by atoms with Gasteiger partial charge in [-0.2, -0.15) is 0 Å². The third kappa shape index (κ3) is 6.71. The Morgan fingerprint density at radius 1 is 1.21 bits per heavy atom. The molecule has 1 N–H and O–H groups in total. The Morgan fingerprint density at radius 3 is 2.21 bits per heavy atom. The number of carbonyl (C=O) groups is 1. The number of rotatable bonds is 5. The number of nitrogens with zero attached hydrogens (tertiary/aromatic N) is 2. The fraction of sp³-hybridized carbons (Fsp3) is 0.900. The molecule has 2 amide bonds. The molecule has 0 bridgehead atoms. The summed E-state index contributed by atoms with van der Waals surface area (Å²) in [5.74, 6) is 0. The van der Waals surface area contributed by atoms with Crippen molar-refractivity contribution in [2.45, 2.75) is 26.3 Å². The lowest BCUT2D eigenvalue weighted by Gasteiger charge is -2.20.